The Morgan fingerprint density at radius 2 is 0.785 bits per heavy atom. The van der Waals surface area contributed by atoms with Crippen LogP contribution in [0.3, 0.4) is 0 Å². The van der Waals surface area contributed by atoms with Gasteiger partial charge in [-0.3, -0.25) is 9.59 Å². The summed E-state index contributed by atoms with van der Waals surface area (Å²) in [4.78, 5) is 26.2. The van der Waals surface area contributed by atoms with E-state index in [4.69, 9.17) is 4.74 Å². The highest BCUT2D eigenvalue weighted by Gasteiger charge is 2.24. The topological polar surface area (TPSA) is 95.9 Å². The maximum atomic E-state index is 13.3. The normalized spacial score (nSPS) is 13.5. The molecule has 65 heavy (non-hydrogen) atoms. The number of amides is 1. The van der Waals surface area contributed by atoms with Gasteiger partial charge in [-0.1, -0.05) is 236 Å². The van der Waals surface area contributed by atoms with Gasteiger partial charge in [0.15, 0.2) is 0 Å². The van der Waals surface area contributed by atoms with Crippen LogP contribution < -0.4 is 5.32 Å². The molecule has 0 heterocycles. The average Bonchev–Trinajstić information content (AvgIpc) is 3.30. The van der Waals surface area contributed by atoms with Crippen LogP contribution in [-0.4, -0.2) is 46.9 Å². The minimum absolute atomic E-state index is 0.0640. The first-order valence-corrected chi connectivity index (χ1v) is 28.4. The Hall–Kier alpha value is -2.18. The molecule has 0 aromatic rings. The number of rotatable bonds is 51. The molecule has 0 aliphatic carbocycles. The molecule has 0 bridgehead atoms. The monoisotopic (exact) mass is 912 g/mol. The number of aliphatic hydroxyl groups excluding tert-OH is 2. The number of nitrogens with one attached hydrogen (secondary N) is 1. The highest BCUT2D eigenvalue weighted by Crippen LogP contribution is 2.18. The third-order valence-corrected chi connectivity index (χ3v) is 12.9. The molecule has 3 unspecified atom stereocenters. The maximum Gasteiger partial charge on any atom is 0.306 e. The molecule has 3 atom stereocenters. The molecule has 1 amide bonds. The Morgan fingerprint density at radius 1 is 0.446 bits per heavy atom. The van der Waals surface area contributed by atoms with Crippen LogP contribution >= 0.6 is 0 Å². The van der Waals surface area contributed by atoms with Crippen LogP contribution in [0, 0.1) is 0 Å². The molecule has 0 fully saturated rings. The molecule has 0 aromatic heterocycles. The number of hydrogen-bond acceptors (Lipinski definition) is 5. The van der Waals surface area contributed by atoms with Crippen LogP contribution in [0.2, 0.25) is 0 Å². The van der Waals surface area contributed by atoms with E-state index in [-0.39, 0.29) is 24.9 Å². The van der Waals surface area contributed by atoms with Gasteiger partial charge in [0.25, 0.3) is 0 Å². The number of esters is 1. The third kappa shape index (κ3) is 48.1. The fourth-order valence-electron chi connectivity index (χ4n) is 8.55. The van der Waals surface area contributed by atoms with E-state index in [0.717, 1.165) is 89.9 Å². The van der Waals surface area contributed by atoms with Crippen LogP contribution in [0.25, 0.3) is 0 Å². The van der Waals surface area contributed by atoms with E-state index in [1.165, 1.54) is 154 Å². The lowest BCUT2D eigenvalue weighted by Crippen LogP contribution is -2.46. The summed E-state index contributed by atoms with van der Waals surface area (Å²) in [6.45, 7) is 6.47. The average molecular weight is 913 g/mol. The summed E-state index contributed by atoms with van der Waals surface area (Å²) < 4.78 is 5.95. The predicted molar refractivity (Wildman–Crippen MR) is 282 cm³/mol. The number of unbranched alkanes of at least 4 members (excludes halogenated alkanes) is 31. The van der Waals surface area contributed by atoms with Crippen molar-refractivity contribution >= 4 is 11.9 Å². The summed E-state index contributed by atoms with van der Waals surface area (Å²) >= 11 is 0. The molecule has 0 saturated heterocycles. The number of allylic oxidation sites excluding steroid dienone is 8. The van der Waals surface area contributed by atoms with Gasteiger partial charge in [0.05, 0.1) is 25.2 Å². The fourth-order valence-corrected chi connectivity index (χ4v) is 8.55. The molecule has 0 saturated carbocycles. The van der Waals surface area contributed by atoms with E-state index in [1.807, 2.05) is 0 Å². The van der Waals surface area contributed by atoms with E-state index in [0.29, 0.717) is 19.3 Å². The molecule has 0 aromatic carbocycles. The molecule has 0 spiro atoms. The molecule has 6 nitrogen and oxygen atoms in total. The van der Waals surface area contributed by atoms with Crippen molar-refractivity contribution in [1.82, 2.24) is 5.32 Å². The van der Waals surface area contributed by atoms with E-state index in [9.17, 15) is 19.8 Å². The Bertz CT molecular complexity index is 1110. The lowest BCUT2D eigenvalue weighted by molar-refractivity contribution is -0.151. The number of ether oxygens (including phenoxy) is 1. The minimum Gasteiger partial charge on any atom is -0.462 e. The third-order valence-electron chi connectivity index (χ3n) is 12.9. The molecule has 0 aliphatic heterocycles. The van der Waals surface area contributed by atoms with Crippen LogP contribution in [0.15, 0.2) is 48.6 Å². The Labute approximate surface area is 404 Å². The zero-order chi connectivity index (χ0) is 47.4. The summed E-state index contributed by atoms with van der Waals surface area (Å²) in [5.74, 6) is -0.498. The van der Waals surface area contributed by atoms with Gasteiger partial charge in [0.1, 0.15) is 6.10 Å². The van der Waals surface area contributed by atoms with Gasteiger partial charge >= 0.3 is 5.97 Å². The van der Waals surface area contributed by atoms with Crippen LogP contribution in [0.1, 0.15) is 290 Å². The zero-order valence-corrected chi connectivity index (χ0v) is 43.4. The number of carbonyl (C=O) groups is 2. The smallest absolute Gasteiger partial charge is 0.306 e. The first kappa shape index (κ1) is 62.8. The Balaban J connectivity index is 4.61. The summed E-state index contributed by atoms with van der Waals surface area (Å²) in [6, 6.07) is -0.709. The minimum atomic E-state index is -0.794. The molecule has 380 valence electrons. The molecular weight excluding hydrogens is 803 g/mol. The van der Waals surface area contributed by atoms with Crippen molar-refractivity contribution in [3.05, 3.63) is 48.6 Å². The van der Waals surface area contributed by atoms with Gasteiger partial charge in [0, 0.05) is 6.42 Å². The van der Waals surface area contributed by atoms with Crippen molar-refractivity contribution in [2.45, 2.75) is 309 Å². The molecule has 0 aliphatic rings. The van der Waals surface area contributed by atoms with Gasteiger partial charge in [-0.2, -0.15) is 0 Å². The lowest BCUT2D eigenvalue weighted by Gasteiger charge is -2.24. The fraction of sp³-hybridized carbons (Fsp3) is 0.831. The summed E-state index contributed by atoms with van der Waals surface area (Å²) in [6.07, 6.45) is 64.5. The van der Waals surface area contributed by atoms with Crippen molar-refractivity contribution in [3.8, 4) is 0 Å². The van der Waals surface area contributed by atoms with Gasteiger partial charge < -0.3 is 20.3 Å². The molecule has 6 heteroatoms. The first-order chi connectivity index (χ1) is 32.0. The summed E-state index contributed by atoms with van der Waals surface area (Å²) in [7, 11) is 0. The highest BCUT2D eigenvalue weighted by atomic mass is 16.5. The molecule has 0 rings (SSSR count). The van der Waals surface area contributed by atoms with Gasteiger partial charge in [-0.15, -0.1) is 0 Å². The van der Waals surface area contributed by atoms with Crippen molar-refractivity contribution in [2.24, 2.45) is 0 Å². The molecule has 3 N–H and O–H groups in total. The van der Waals surface area contributed by atoms with Crippen molar-refractivity contribution in [2.75, 3.05) is 6.61 Å². The largest absolute Gasteiger partial charge is 0.462 e. The SMILES string of the molecule is CCCCC/C=C\C/C=C\C/C=C\CCCCCCC(=O)OC(CCCCCCC/C=C/CCCCCCCC)CC(=O)NC(CO)C(O)CCCCCCCCCCCCCCCC. The number of hydrogen-bond donors (Lipinski definition) is 3. The second-order valence-electron chi connectivity index (χ2n) is 19.3. The van der Waals surface area contributed by atoms with Crippen molar-refractivity contribution in [3.63, 3.8) is 0 Å². The van der Waals surface area contributed by atoms with Gasteiger partial charge in [0.2, 0.25) is 5.91 Å². The number of carbonyl (C=O) groups excluding carboxylic acids is 2. The molecular formula is C59H109NO5. The Morgan fingerprint density at radius 3 is 1.23 bits per heavy atom. The van der Waals surface area contributed by atoms with Crippen LogP contribution in [0.4, 0.5) is 0 Å². The van der Waals surface area contributed by atoms with Crippen LogP contribution in [0.5, 0.6) is 0 Å². The lowest BCUT2D eigenvalue weighted by atomic mass is 10.0. The van der Waals surface area contributed by atoms with E-state index < -0.39 is 18.2 Å². The Kier molecular flexibility index (Phi) is 51.0. The zero-order valence-electron chi connectivity index (χ0n) is 43.4. The molecule has 0 radical (unpaired) electrons. The standard InChI is InChI=1S/C59H109NO5/c1-4-7-10-13-16-19-22-25-28-29-31-34-37-40-43-46-49-52-59(64)65-55(50-47-44-41-38-35-32-30-26-23-20-17-14-11-8-5-2)53-58(63)60-56(54-61)57(62)51-48-45-42-39-36-33-27-24-21-18-15-12-9-6-3/h16,19,25-26,28,30-31,34,55-57,61-62H,4-15,17-18,20-24,27,29,32-33,35-54H2,1-3H3,(H,60,63)/b19-16-,28-25-,30-26+,34-31-. The number of aliphatic hydroxyl groups is 2. The first-order valence-electron chi connectivity index (χ1n) is 28.4. The van der Waals surface area contributed by atoms with Crippen LogP contribution in [-0.2, 0) is 14.3 Å². The van der Waals surface area contributed by atoms with Gasteiger partial charge in [-0.05, 0) is 89.9 Å². The summed E-state index contributed by atoms with van der Waals surface area (Å²) in [5, 5.41) is 23.9. The van der Waals surface area contributed by atoms with Crippen molar-refractivity contribution in [1.29, 1.82) is 0 Å². The van der Waals surface area contributed by atoms with Crippen molar-refractivity contribution < 1.29 is 24.5 Å². The maximum absolute atomic E-state index is 13.3. The second-order valence-corrected chi connectivity index (χ2v) is 19.3. The van der Waals surface area contributed by atoms with E-state index >= 15 is 0 Å². The highest BCUT2D eigenvalue weighted by molar-refractivity contribution is 5.77. The second kappa shape index (κ2) is 52.8. The van der Waals surface area contributed by atoms with E-state index in [2.05, 4.69) is 74.7 Å². The quantitative estimate of drug-likeness (QED) is 0.0321. The van der Waals surface area contributed by atoms with E-state index in [1.54, 1.807) is 0 Å². The summed E-state index contributed by atoms with van der Waals surface area (Å²) in [5.41, 5.74) is 0. The van der Waals surface area contributed by atoms with Gasteiger partial charge in [-0.25, -0.2) is 0 Å². The predicted octanol–water partition coefficient (Wildman–Crippen LogP) is 17.4.